The van der Waals surface area contributed by atoms with Gasteiger partial charge in [0.15, 0.2) is 17.0 Å². The molecular weight excluding hydrogens is 596 g/mol. The Morgan fingerprint density at radius 1 is 0.844 bits per heavy atom. The zero-order valence-electron chi connectivity index (χ0n) is 23.0. The van der Waals surface area contributed by atoms with E-state index in [0.717, 1.165) is 30.3 Å². The lowest BCUT2D eigenvalue weighted by molar-refractivity contribution is -0.357. The van der Waals surface area contributed by atoms with Crippen molar-refractivity contribution in [3.63, 3.8) is 0 Å². The molecule has 3 heterocycles. The van der Waals surface area contributed by atoms with Gasteiger partial charge in [-0.1, -0.05) is 0 Å². The van der Waals surface area contributed by atoms with E-state index in [1.807, 2.05) is 0 Å². The molecule has 2 saturated carbocycles. The Morgan fingerprint density at radius 3 is 2.09 bits per heavy atom. The second-order valence-electron chi connectivity index (χ2n) is 12.6. The van der Waals surface area contributed by atoms with Crippen LogP contribution in [0.4, 0.5) is 0 Å². The second-order valence-corrected chi connectivity index (χ2v) is 12.6. The number of ether oxygens (including phenoxy) is 3. The molecule has 2 bridgehead atoms. The summed E-state index contributed by atoms with van der Waals surface area (Å²) in [4.78, 5) is 28.0. The molecule has 1 saturated heterocycles. The lowest BCUT2D eigenvalue weighted by Gasteiger charge is -2.63. The van der Waals surface area contributed by atoms with Crippen LogP contribution in [0.15, 0.2) is 35.9 Å². The van der Waals surface area contributed by atoms with Crippen LogP contribution in [-0.2, 0) is 27.2 Å². The van der Waals surface area contributed by atoms with Gasteiger partial charge >= 0.3 is 0 Å². The lowest BCUT2D eigenvalue weighted by atomic mass is 9.50. The van der Waals surface area contributed by atoms with Crippen molar-refractivity contribution in [2.45, 2.75) is 60.7 Å². The van der Waals surface area contributed by atoms with Crippen molar-refractivity contribution >= 4 is 23.0 Å². The van der Waals surface area contributed by atoms with Crippen molar-refractivity contribution in [3.8, 4) is 34.5 Å². The summed E-state index contributed by atoms with van der Waals surface area (Å²) in [6, 6.07) is 4.39. The fraction of sp³-hybridized carbons (Fsp3) is 0.400. The average Bonchev–Trinajstić information content (AvgIpc) is 3.32. The summed E-state index contributed by atoms with van der Waals surface area (Å²) in [5.41, 5.74) is -10.2. The monoisotopic (exact) mass is 622 g/mol. The minimum Gasteiger partial charge on any atom is -0.508 e. The van der Waals surface area contributed by atoms with Crippen LogP contribution in [0.1, 0.15) is 17.5 Å². The van der Waals surface area contributed by atoms with Crippen LogP contribution >= 0.6 is 0 Å². The number of hydrogen-bond acceptors (Lipinski definition) is 15. The molecule has 2 aromatic rings. The fourth-order valence-electron chi connectivity index (χ4n) is 8.62. The van der Waals surface area contributed by atoms with Crippen LogP contribution in [0, 0.1) is 22.2 Å². The second kappa shape index (κ2) is 8.18. The van der Waals surface area contributed by atoms with Crippen LogP contribution in [0.2, 0.25) is 0 Å². The molecule has 3 fully saturated rings. The van der Waals surface area contributed by atoms with Crippen molar-refractivity contribution in [2.75, 3.05) is 0 Å². The molecule has 8 rings (SSSR count). The number of aliphatic hydroxyl groups excluding tert-OH is 1. The van der Waals surface area contributed by atoms with Crippen LogP contribution < -0.4 is 9.47 Å². The average molecular weight is 623 g/mol. The quantitative estimate of drug-likeness (QED) is 0.169. The van der Waals surface area contributed by atoms with Crippen molar-refractivity contribution in [1.82, 2.24) is 0 Å². The lowest BCUT2D eigenvalue weighted by Crippen LogP contribution is -2.84. The molecule has 0 spiro atoms. The Bertz CT molecular complexity index is 1860. The molecule has 0 amide bonds. The van der Waals surface area contributed by atoms with E-state index in [0.29, 0.717) is 0 Å². The molecule has 45 heavy (non-hydrogen) atoms. The molecule has 3 aliphatic heterocycles. The number of Topliss-reactive ketones (excluding diaryl/α,β-unsaturated/α-hetero) is 1. The molecule has 10 N–H and O–H groups in total. The van der Waals surface area contributed by atoms with Crippen molar-refractivity contribution in [2.24, 2.45) is 11.3 Å². The van der Waals surface area contributed by atoms with Gasteiger partial charge < -0.3 is 60.5 Å². The van der Waals surface area contributed by atoms with Gasteiger partial charge in [-0.3, -0.25) is 15.0 Å². The molecule has 0 aromatic heterocycles. The van der Waals surface area contributed by atoms with Crippen LogP contribution in [0.25, 0.3) is 0 Å². The van der Waals surface area contributed by atoms with Crippen molar-refractivity contribution in [1.29, 1.82) is 10.8 Å². The van der Waals surface area contributed by atoms with E-state index in [4.69, 9.17) is 25.0 Å². The first-order valence-electron chi connectivity index (χ1n) is 14.0. The largest absolute Gasteiger partial charge is 0.508 e. The van der Waals surface area contributed by atoms with Gasteiger partial charge in [0.25, 0.3) is 0 Å². The van der Waals surface area contributed by atoms with Gasteiger partial charge in [0.05, 0.1) is 17.2 Å². The molecule has 15 nitrogen and oxygen atoms in total. The highest BCUT2D eigenvalue weighted by molar-refractivity contribution is 6.45. The van der Waals surface area contributed by atoms with Gasteiger partial charge in [-0.2, -0.15) is 0 Å². The molecular formula is C30H26N2O13. The highest BCUT2D eigenvalue weighted by Crippen LogP contribution is 2.71. The molecule has 2 aromatic carbocycles. The van der Waals surface area contributed by atoms with E-state index in [-0.39, 0.29) is 52.5 Å². The highest BCUT2D eigenvalue weighted by Gasteiger charge is 2.92. The molecule has 2 unspecified atom stereocenters. The Morgan fingerprint density at radius 2 is 1.44 bits per heavy atom. The number of phenols is 4. The van der Waals surface area contributed by atoms with Gasteiger partial charge in [-0.25, -0.2) is 0 Å². The predicted octanol–water partition coefficient (Wildman–Crippen LogP) is -1.14. The summed E-state index contributed by atoms with van der Waals surface area (Å²) in [5.74, 6) is -9.64. The molecule has 3 aliphatic carbocycles. The van der Waals surface area contributed by atoms with Crippen molar-refractivity contribution < 1.29 is 64.7 Å². The molecule has 234 valence electrons. The molecule has 0 radical (unpaired) electrons. The SMILES string of the molecule is N=C1C[C@]23C4C([C@H]5Oc6cc(O)cc(O)c6C[C@H]5O)=CC(=O)C4(O)C(=O)[C@]2(O)[C@@](O)(O[C@@H]2Cc4c(O)cc(O)cc4O[C@@H]23)C1=N. The minimum absolute atomic E-state index is 0.0722. The van der Waals surface area contributed by atoms with E-state index < -0.39 is 93.6 Å². The predicted molar refractivity (Wildman–Crippen MR) is 146 cm³/mol. The van der Waals surface area contributed by atoms with Gasteiger partial charge in [-0.05, 0) is 11.6 Å². The maximum atomic E-state index is 14.3. The third-order valence-electron chi connectivity index (χ3n) is 10.4. The number of carbonyl (C=O) groups excluding carboxylic acids is 2. The maximum Gasteiger partial charge on any atom is 0.249 e. The van der Waals surface area contributed by atoms with E-state index in [1.54, 1.807) is 0 Å². The van der Waals surface area contributed by atoms with E-state index >= 15 is 0 Å². The number of aromatic hydroxyl groups is 4. The number of aliphatic hydroxyl groups is 4. The van der Waals surface area contributed by atoms with Crippen LogP contribution in [0.5, 0.6) is 34.5 Å². The summed E-state index contributed by atoms with van der Waals surface area (Å²) in [7, 11) is 0. The number of fused-ring (bicyclic) bond motifs is 4. The Kier molecular flexibility index (Phi) is 5.09. The summed E-state index contributed by atoms with van der Waals surface area (Å²) >= 11 is 0. The number of rotatable bonds is 1. The first-order valence-corrected chi connectivity index (χ1v) is 14.0. The number of hydrogen-bond donors (Lipinski definition) is 10. The normalized spacial score (nSPS) is 40.8. The number of nitrogens with one attached hydrogen (secondary N) is 2. The first kappa shape index (κ1) is 28.0. The van der Waals surface area contributed by atoms with Crippen LogP contribution in [-0.4, -0.2) is 105 Å². The van der Waals surface area contributed by atoms with E-state index in [9.17, 15) is 50.4 Å². The zero-order valence-corrected chi connectivity index (χ0v) is 23.0. The Hall–Kier alpha value is -4.54. The highest BCUT2D eigenvalue weighted by atomic mass is 16.7. The van der Waals surface area contributed by atoms with E-state index in [1.165, 1.54) is 0 Å². The number of benzene rings is 2. The van der Waals surface area contributed by atoms with Gasteiger partial charge in [0, 0.05) is 60.6 Å². The van der Waals surface area contributed by atoms with Crippen molar-refractivity contribution in [3.05, 3.63) is 47.0 Å². The summed E-state index contributed by atoms with van der Waals surface area (Å²) in [6.45, 7) is 0. The third kappa shape index (κ3) is 2.93. The molecule has 9 atom stereocenters. The summed E-state index contributed by atoms with van der Waals surface area (Å²) in [6.07, 6.45) is -6.22. The minimum atomic E-state index is -3.26. The zero-order chi connectivity index (χ0) is 32.2. The summed E-state index contributed by atoms with van der Waals surface area (Å²) in [5, 5.41) is 106. The Labute approximate surface area is 252 Å². The van der Waals surface area contributed by atoms with Gasteiger partial charge in [0.2, 0.25) is 11.6 Å². The summed E-state index contributed by atoms with van der Waals surface area (Å²) < 4.78 is 18.0. The fourth-order valence-corrected chi connectivity index (χ4v) is 8.62. The Balaban J connectivity index is 1.36. The van der Waals surface area contributed by atoms with Gasteiger partial charge in [0.1, 0.15) is 58.5 Å². The van der Waals surface area contributed by atoms with E-state index in [2.05, 4.69) is 0 Å². The molecule has 6 aliphatic rings. The molecule has 15 heteroatoms. The topological polar surface area (TPSA) is 271 Å². The van der Waals surface area contributed by atoms with Crippen LogP contribution in [0.3, 0.4) is 0 Å². The number of ketones is 2. The third-order valence-corrected chi connectivity index (χ3v) is 10.4. The maximum absolute atomic E-state index is 14.3. The number of carbonyl (C=O) groups is 2. The standard InChI is InChI=1S/C30H26N2O13/c31-14-8-27-23-13(22-17(37)5-11-15(35)1-9(33)3-18(11)43-22)7-21(38)28(23,40)26(39)29(27,41)30(42,24(14)32)45-20-6-12-16(36)2-10(34)4-19(12)44-25(20)27/h1-4,7,17,20,22-23,25,31-37,40-42H,5-6,8H2/t17-,20-,22-,23?,25+,27-,28?,29-,30+/m1/s1. The number of phenolic OH excluding ortho intramolecular Hbond substituents is 4. The van der Waals surface area contributed by atoms with Gasteiger partial charge in [-0.15, -0.1) is 0 Å². The first-order chi connectivity index (χ1) is 21.1. The smallest absolute Gasteiger partial charge is 0.249 e.